The molecule has 17 heavy (non-hydrogen) atoms. The highest BCUT2D eigenvalue weighted by Crippen LogP contribution is 2.29. The summed E-state index contributed by atoms with van der Waals surface area (Å²) in [5.74, 6) is 0.360. The zero-order chi connectivity index (χ0) is 12.3. The summed E-state index contributed by atoms with van der Waals surface area (Å²) in [6.45, 7) is 0.712. The Morgan fingerprint density at radius 2 is 2.12 bits per heavy atom. The van der Waals surface area contributed by atoms with Gasteiger partial charge in [0.25, 0.3) is 0 Å². The predicted octanol–water partition coefficient (Wildman–Crippen LogP) is 3.36. The molecule has 1 saturated carbocycles. The number of hydrogen-bond acceptors (Lipinski definition) is 2. The van der Waals surface area contributed by atoms with E-state index in [9.17, 15) is 4.39 Å². The Hall–Kier alpha value is -0.360. The summed E-state index contributed by atoms with van der Waals surface area (Å²) in [5.41, 5.74) is 6.70. The second-order valence-corrected chi connectivity index (χ2v) is 5.71. The van der Waals surface area contributed by atoms with Crippen molar-refractivity contribution in [3.05, 3.63) is 27.6 Å². The molecule has 0 saturated heterocycles. The van der Waals surface area contributed by atoms with Crippen LogP contribution in [0.4, 0.5) is 10.1 Å². The van der Waals surface area contributed by atoms with E-state index < -0.39 is 0 Å². The molecule has 0 spiro atoms. The van der Waals surface area contributed by atoms with Crippen LogP contribution in [-0.4, -0.2) is 12.6 Å². The third-order valence-corrected chi connectivity index (χ3v) is 4.60. The molecular formula is C13H18FIN2. The fourth-order valence-electron chi connectivity index (χ4n) is 2.49. The smallest absolute Gasteiger partial charge is 0.138 e. The topological polar surface area (TPSA) is 38.0 Å². The molecule has 4 heteroatoms. The average Bonchev–Trinajstić information content (AvgIpc) is 2.35. The van der Waals surface area contributed by atoms with Crippen molar-refractivity contribution in [3.8, 4) is 0 Å². The van der Waals surface area contributed by atoms with Crippen LogP contribution in [0, 0.1) is 15.3 Å². The molecule has 3 N–H and O–H groups in total. The number of nitrogens with one attached hydrogen (secondary N) is 1. The number of hydrogen-bond donors (Lipinski definition) is 2. The summed E-state index contributed by atoms with van der Waals surface area (Å²) in [7, 11) is 0. The molecule has 0 heterocycles. The summed E-state index contributed by atoms with van der Waals surface area (Å²) in [4.78, 5) is 0. The van der Waals surface area contributed by atoms with Crippen LogP contribution in [0.2, 0.25) is 0 Å². The summed E-state index contributed by atoms with van der Waals surface area (Å²) in [5, 5.41) is 3.46. The van der Waals surface area contributed by atoms with Crippen molar-refractivity contribution in [2.24, 2.45) is 11.7 Å². The third kappa shape index (κ3) is 3.10. The van der Waals surface area contributed by atoms with Crippen LogP contribution in [0.15, 0.2) is 18.2 Å². The molecule has 2 rings (SSSR count). The number of anilines is 1. The lowest BCUT2D eigenvalue weighted by Crippen LogP contribution is -2.36. The summed E-state index contributed by atoms with van der Waals surface area (Å²) >= 11 is 2.05. The van der Waals surface area contributed by atoms with Crippen molar-refractivity contribution in [2.45, 2.75) is 31.7 Å². The fraction of sp³-hybridized carbons (Fsp3) is 0.538. The second kappa shape index (κ2) is 6.00. The van der Waals surface area contributed by atoms with E-state index in [4.69, 9.17) is 5.73 Å². The zero-order valence-corrected chi connectivity index (χ0v) is 11.9. The van der Waals surface area contributed by atoms with E-state index >= 15 is 0 Å². The minimum Gasteiger partial charge on any atom is -0.381 e. The van der Waals surface area contributed by atoms with E-state index in [1.807, 2.05) is 6.07 Å². The van der Waals surface area contributed by atoms with Crippen LogP contribution in [0.3, 0.4) is 0 Å². The van der Waals surface area contributed by atoms with Crippen molar-refractivity contribution in [1.29, 1.82) is 0 Å². The van der Waals surface area contributed by atoms with Crippen molar-refractivity contribution < 1.29 is 4.39 Å². The molecule has 1 aliphatic carbocycles. The van der Waals surface area contributed by atoms with Crippen LogP contribution in [0.5, 0.6) is 0 Å². The first kappa shape index (κ1) is 13.1. The Morgan fingerprint density at radius 3 is 2.88 bits per heavy atom. The lowest BCUT2D eigenvalue weighted by Gasteiger charge is -2.32. The first-order chi connectivity index (χ1) is 8.22. The molecule has 0 aliphatic heterocycles. The number of rotatable bonds is 3. The van der Waals surface area contributed by atoms with Gasteiger partial charge in [-0.15, -0.1) is 0 Å². The van der Waals surface area contributed by atoms with Gasteiger partial charge in [0, 0.05) is 6.04 Å². The Bertz CT molecular complexity index is 384. The number of nitrogens with two attached hydrogens (primary N) is 1. The van der Waals surface area contributed by atoms with Gasteiger partial charge >= 0.3 is 0 Å². The molecule has 0 bridgehead atoms. The van der Waals surface area contributed by atoms with E-state index in [1.54, 1.807) is 6.07 Å². The largest absolute Gasteiger partial charge is 0.381 e. The zero-order valence-electron chi connectivity index (χ0n) is 9.76. The molecule has 2 atom stereocenters. The molecule has 0 radical (unpaired) electrons. The molecule has 1 aromatic carbocycles. The highest BCUT2D eigenvalue weighted by molar-refractivity contribution is 14.1. The number of benzene rings is 1. The molecule has 2 unspecified atom stereocenters. The van der Waals surface area contributed by atoms with Crippen LogP contribution in [0.25, 0.3) is 0 Å². The van der Waals surface area contributed by atoms with Crippen molar-refractivity contribution in [1.82, 2.24) is 0 Å². The lowest BCUT2D eigenvalue weighted by molar-refractivity contribution is 0.332. The molecule has 1 aromatic rings. The van der Waals surface area contributed by atoms with Gasteiger partial charge in [-0.2, -0.15) is 0 Å². The van der Waals surface area contributed by atoms with E-state index in [0.29, 0.717) is 22.1 Å². The van der Waals surface area contributed by atoms with Gasteiger partial charge in [-0.1, -0.05) is 18.9 Å². The van der Waals surface area contributed by atoms with E-state index in [1.165, 1.54) is 25.3 Å². The van der Waals surface area contributed by atoms with Crippen LogP contribution >= 0.6 is 22.6 Å². The van der Waals surface area contributed by atoms with E-state index in [2.05, 4.69) is 27.9 Å². The van der Waals surface area contributed by atoms with Crippen LogP contribution < -0.4 is 11.1 Å². The summed E-state index contributed by atoms with van der Waals surface area (Å²) in [6.07, 6.45) is 4.81. The quantitative estimate of drug-likeness (QED) is 0.822. The molecule has 94 valence electrons. The van der Waals surface area contributed by atoms with Crippen LogP contribution in [0.1, 0.15) is 25.7 Å². The van der Waals surface area contributed by atoms with Gasteiger partial charge in [0.05, 0.1) is 9.26 Å². The van der Waals surface area contributed by atoms with E-state index in [-0.39, 0.29) is 5.82 Å². The third-order valence-electron chi connectivity index (χ3n) is 3.50. The highest BCUT2D eigenvalue weighted by Gasteiger charge is 2.24. The molecule has 0 aromatic heterocycles. The Balaban J connectivity index is 2.11. The molecular weight excluding hydrogens is 330 g/mol. The maximum atomic E-state index is 13.4. The lowest BCUT2D eigenvalue weighted by atomic mass is 9.84. The van der Waals surface area contributed by atoms with Gasteiger partial charge in [-0.25, -0.2) is 4.39 Å². The minimum absolute atomic E-state index is 0.157. The van der Waals surface area contributed by atoms with Crippen LogP contribution in [-0.2, 0) is 0 Å². The van der Waals surface area contributed by atoms with E-state index in [0.717, 1.165) is 12.1 Å². The fourth-order valence-corrected chi connectivity index (χ4v) is 3.01. The van der Waals surface area contributed by atoms with Gasteiger partial charge in [0.2, 0.25) is 0 Å². The summed E-state index contributed by atoms with van der Waals surface area (Å²) in [6, 6.07) is 5.57. The molecule has 1 aliphatic rings. The Morgan fingerprint density at radius 1 is 1.35 bits per heavy atom. The molecule has 0 amide bonds. The predicted molar refractivity (Wildman–Crippen MR) is 77.5 cm³/mol. The first-order valence-corrected chi connectivity index (χ1v) is 7.21. The standard InChI is InChI=1S/C13H18FIN2/c14-10-5-3-7-12(13(10)15)17-11-6-2-1-4-9(11)8-16/h3,5,7,9,11,17H,1-2,4,6,8,16H2. The maximum Gasteiger partial charge on any atom is 0.138 e. The molecule has 1 fully saturated rings. The van der Waals surface area contributed by atoms with Crippen molar-refractivity contribution in [2.75, 3.05) is 11.9 Å². The van der Waals surface area contributed by atoms with Gasteiger partial charge in [-0.3, -0.25) is 0 Å². The summed E-state index contributed by atoms with van der Waals surface area (Å²) < 4.78 is 14.1. The monoisotopic (exact) mass is 348 g/mol. The van der Waals surface area contributed by atoms with Gasteiger partial charge in [-0.05, 0) is 60.0 Å². The normalized spacial score (nSPS) is 24.6. The average molecular weight is 348 g/mol. The SMILES string of the molecule is NCC1CCCCC1Nc1cccc(F)c1I. The molecule has 2 nitrogen and oxygen atoms in total. The van der Waals surface area contributed by atoms with Gasteiger partial charge in [0.15, 0.2) is 0 Å². The van der Waals surface area contributed by atoms with Crippen molar-refractivity contribution in [3.63, 3.8) is 0 Å². The highest BCUT2D eigenvalue weighted by atomic mass is 127. The number of halogens is 2. The van der Waals surface area contributed by atoms with Crippen molar-refractivity contribution >= 4 is 28.3 Å². The minimum atomic E-state index is -0.157. The second-order valence-electron chi connectivity index (χ2n) is 4.63. The van der Waals surface area contributed by atoms with Gasteiger partial charge in [0.1, 0.15) is 5.82 Å². The Labute approximate surface area is 115 Å². The first-order valence-electron chi connectivity index (χ1n) is 6.13. The maximum absolute atomic E-state index is 13.4. The van der Waals surface area contributed by atoms with Gasteiger partial charge < -0.3 is 11.1 Å². The Kier molecular flexibility index (Phi) is 4.62.